The summed E-state index contributed by atoms with van der Waals surface area (Å²) < 4.78 is 43.5. The molecule has 1 aromatic rings. The van der Waals surface area contributed by atoms with Crippen molar-refractivity contribution in [2.45, 2.75) is 11.8 Å². The zero-order valence-electron chi connectivity index (χ0n) is 9.20. The van der Waals surface area contributed by atoms with Gasteiger partial charge in [-0.25, -0.2) is 0 Å². The molecule has 1 aliphatic heterocycles. The quantitative estimate of drug-likeness (QED) is 0.820. The molecular weight excluding hydrogens is 313 g/mol. The number of ether oxygens (including phenoxy) is 1. The third-order valence-corrected chi connectivity index (χ3v) is 2.84. The van der Waals surface area contributed by atoms with Crippen molar-refractivity contribution >= 4 is 22.0 Å². The van der Waals surface area contributed by atoms with Gasteiger partial charge < -0.3 is 4.74 Å². The van der Waals surface area contributed by atoms with Gasteiger partial charge in [0, 0.05) is 11.1 Å². The predicted octanol–water partition coefficient (Wildman–Crippen LogP) is 4.24. The Balaban J connectivity index is 2.43. The first kappa shape index (κ1) is 13.1. The number of methoxy groups -OCH3 is 1. The normalized spacial score (nSPS) is 17.2. The fourth-order valence-electron chi connectivity index (χ4n) is 1.58. The predicted molar refractivity (Wildman–Crippen MR) is 63.5 cm³/mol. The van der Waals surface area contributed by atoms with Crippen LogP contribution in [0.2, 0.25) is 0 Å². The molecule has 3 nitrogen and oxygen atoms in total. The molecule has 0 amide bonds. The van der Waals surface area contributed by atoms with E-state index in [1.54, 1.807) is 11.1 Å². The molecule has 0 aliphatic carbocycles. The van der Waals surface area contributed by atoms with E-state index in [0.29, 0.717) is 11.3 Å². The number of halogens is 4. The fourth-order valence-corrected chi connectivity index (χ4v) is 1.86. The second kappa shape index (κ2) is 4.38. The first-order chi connectivity index (χ1) is 8.44. The van der Waals surface area contributed by atoms with Crippen molar-refractivity contribution in [1.29, 1.82) is 0 Å². The zero-order valence-corrected chi connectivity index (χ0v) is 10.8. The van der Waals surface area contributed by atoms with Gasteiger partial charge in [-0.05, 0) is 17.1 Å². The van der Waals surface area contributed by atoms with Crippen LogP contribution in [0, 0.1) is 0 Å². The highest BCUT2D eigenvalue weighted by Crippen LogP contribution is 2.52. The van der Waals surface area contributed by atoms with E-state index >= 15 is 0 Å². The first-order valence-electron chi connectivity index (χ1n) is 4.90. The van der Waals surface area contributed by atoms with Crippen molar-refractivity contribution in [3.8, 4) is 5.75 Å². The van der Waals surface area contributed by atoms with E-state index in [2.05, 4.69) is 26.2 Å². The smallest absolute Gasteiger partial charge is 0.442 e. The Labute approximate surface area is 109 Å². The highest BCUT2D eigenvalue weighted by atomic mass is 79.9. The monoisotopic (exact) mass is 320 g/mol. The van der Waals surface area contributed by atoms with E-state index in [1.807, 2.05) is 0 Å². The van der Waals surface area contributed by atoms with E-state index in [1.165, 1.54) is 25.3 Å². The van der Waals surface area contributed by atoms with Gasteiger partial charge in [0.15, 0.2) is 0 Å². The Morgan fingerprint density at radius 2 is 2.00 bits per heavy atom. The molecule has 2 rings (SSSR count). The summed E-state index contributed by atoms with van der Waals surface area (Å²) in [6.45, 7) is 0. The van der Waals surface area contributed by atoms with Crippen LogP contribution in [0.15, 0.2) is 33.4 Å². The summed E-state index contributed by atoms with van der Waals surface area (Å²) in [5.41, 5.74) is -1.79. The van der Waals surface area contributed by atoms with Crippen LogP contribution in [0.3, 0.4) is 0 Å². The van der Waals surface area contributed by atoms with Gasteiger partial charge in [-0.1, -0.05) is 28.1 Å². The van der Waals surface area contributed by atoms with Gasteiger partial charge in [-0.3, -0.25) is 0 Å². The third-order valence-electron chi connectivity index (χ3n) is 2.57. The van der Waals surface area contributed by atoms with Gasteiger partial charge in [0.1, 0.15) is 5.75 Å². The van der Waals surface area contributed by atoms with Crippen LogP contribution in [-0.4, -0.2) is 13.3 Å². The van der Waals surface area contributed by atoms with Crippen LogP contribution in [0.5, 0.6) is 5.75 Å². The summed E-state index contributed by atoms with van der Waals surface area (Å²) in [5, 5.41) is 6.29. The van der Waals surface area contributed by atoms with Crippen LogP contribution in [0.4, 0.5) is 13.2 Å². The van der Waals surface area contributed by atoms with E-state index < -0.39 is 11.8 Å². The molecule has 0 bridgehead atoms. The summed E-state index contributed by atoms with van der Waals surface area (Å²) >= 11 is 3.10. The molecule has 0 saturated heterocycles. The molecule has 0 fully saturated rings. The van der Waals surface area contributed by atoms with Crippen molar-refractivity contribution in [2.24, 2.45) is 10.2 Å². The molecule has 0 aromatic heterocycles. The second-order valence-corrected chi connectivity index (χ2v) is 4.15. The van der Waals surface area contributed by atoms with E-state index in [9.17, 15) is 13.2 Å². The average molecular weight is 321 g/mol. The minimum Gasteiger partial charge on any atom is -0.496 e. The average Bonchev–Trinajstić information content (AvgIpc) is 3.10. The Kier molecular flexibility index (Phi) is 3.18. The van der Waals surface area contributed by atoms with Gasteiger partial charge in [0.05, 0.1) is 7.11 Å². The number of hydrogen-bond acceptors (Lipinski definition) is 3. The Hall–Kier alpha value is -1.37. The number of hydrogen-bond donors (Lipinski definition) is 0. The van der Waals surface area contributed by atoms with Gasteiger partial charge in [-0.15, -0.1) is 10.2 Å². The summed E-state index contributed by atoms with van der Waals surface area (Å²) in [6, 6.07) is 4.18. The molecule has 96 valence electrons. The van der Waals surface area contributed by atoms with Gasteiger partial charge in [0.25, 0.3) is 0 Å². The fraction of sp³-hybridized carbons (Fsp3) is 0.273. The summed E-state index contributed by atoms with van der Waals surface area (Å²) in [5.74, 6) is 0.337. The second-order valence-electron chi connectivity index (χ2n) is 3.62. The molecule has 1 heterocycles. The van der Waals surface area contributed by atoms with E-state index in [0.717, 1.165) is 0 Å². The van der Waals surface area contributed by atoms with Crippen LogP contribution in [-0.2, 0) is 5.66 Å². The molecule has 0 atom stereocenters. The first-order valence-corrected chi connectivity index (χ1v) is 5.82. The molecular formula is C11H8BrF3N2O. The number of alkyl halides is 3. The summed E-state index contributed by atoms with van der Waals surface area (Å²) in [4.78, 5) is 1.59. The van der Waals surface area contributed by atoms with Gasteiger partial charge in [0.2, 0.25) is 0 Å². The lowest BCUT2D eigenvalue weighted by Gasteiger charge is -2.16. The number of nitrogens with zero attached hydrogens (tertiary/aromatic N) is 2. The minimum atomic E-state index is -4.52. The van der Waals surface area contributed by atoms with Crippen LogP contribution >= 0.6 is 15.9 Å². The van der Waals surface area contributed by atoms with Crippen molar-refractivity contribution in [3.05, 3.63) is 34.3 Å². The molecule has 0 radical (unpaired) electrons. The number of rotatable bonds is 3. The standard InChI is InChI=1S/C11H8BrF3N2O/c1-18-9-6-8(3-2-7(9)4-5-12)10(16-17-10)11(13,14)15/h2-6H,1H3/b5-4+. The third kappa shape index (κ3) is 2.03. The van der Waals surface area contributed by atoms with Crippen molar-refractivity contribution < 1.29 is 17.9 Å². The Morgan fingerprint density at radius 1 is 1.33 bits per heavy atom. The molecule has 7 heteroatoms. The maximum absolute atomic E-state index is 12.8. The summed E-state index contributed by atoms with van der Waals surface area (Å²) in [6.07, 6.45) is -2.85. The Bertz CT molecular complexity index is 520. The Morgan fingerprint density at radius 3 is 2.44 bits per heavy atom. The zero-order chi connectivity index (χ0) is 13.4. The van der Waals surface area contributed by atoms with Gasteiger partial charge in [-0.2, -0.15) is 13.2 Å². The van der Waals surface area contributed by atoms with Crippen molar-refractivity contribution in [1.82, 2.24) is 0 Å². The molecule has 18 heavy (non-hydrogen) atoms. The lowest BCUT2D eigenvalue weighted by molar-refractivity contribution is -0.166. The molecule has 0 spiro atoms. The maximum atomic E-state index is 12.8. The van der Waals surface area contributed by atoms with E-state index in [-0.39, 0.29) is 5.56 Å². The molecule has 1 aliphatic rings. The molecule has 1 aromatic carbocycles. The van der Waals surface area contributed by atoms with Crippen LogP contribution < -0.4 is 4.74 Å². The molecule has 0 N–H and O–H groups in total. The van der Waals surface area contributed by atoms with Gasteiger partial charge >= 0.3 is 11.8 Å². The highest BCUT2D eigenvalue weighted by molar-refractivity contribution is 9.11. The lowest BCUT2D eigenvalue weighted by atomic mass is 10.0. The molecule has 0 saturated carbocycles. The minimum absolute atomic E-state index is 0.0430. The molecule has 0 unspecified atom stereocenters. The van der Waals surface area contributed by atoms with Crippen LogP contribution in [0.25, 0.3) is 6.08 Å². The summed E-state index contributed by atoms with van der Waals surface area (Å²) in [7, 11) is 1.39. The van der Waals surface area contributed by atoms with E-state index in [4.69, 9.17) is 4.74 Å². The van der Waals surface area contributed by atoms with Crippen molar-refractivity contribution in [2.75, 3.05) is 7.11 Å². The lowest BCUT2D eigenvalue weighted by Crippen LogP contribution is -2.30. The number of benzene rings is 1. The largest absolute Gasteiger partial charge is 0.496 e. The highest BCUT2D eigenvalue weighted by Gasteiger charge is 2.65. The SMILES string of the molecule is COc1cc(C2(C(F)(F)F)N=N2)ccc1/C=C/Br. The van der Waals surface area contributed by atoms with Crippen LogP contribution in [0.1, 0.15) is 11.1 Å². The topological polar surface area (TPSA) is 34.0 Å². The maximum Gasteiger partial charge on any atom is 0.442 e. The van der Waals surface area contributed by atoms with Crippen molar-refractivity contribution in [3.63, 3.8) is 0 Å².